The average Bonchev–Trinajstić information content (AvgIpc) is 2.81. The summed E-state index contributed by atoms with van der Waals surface area (Å²) < 4.78 is 96.0. The summed E-state index contributed by atoms with van der Waals surface area (Å²) in [6, 6.07) is -0.252. The van der Waals surface area contributed by atoms with Gasteiger partial charge in [-0.05, 0) is 43.9 Å². The van der Waals surface area contributed by atoms with E-state index in [-0.39, 0.29) is 31.9 Å². The van der Waals surface area contributed by atoms with Crippen molar-refractivity contribution in [1.29, 1.82) is 0 Å². The summed E-state index contributed by atoms with van der Waals surface area (Å²) in [5.74, 6) is -3.35. The van der Waals surface area contributed by atoms with E-state index in [1.165, 1.54) is 0 Å². The van der Waals surface area contributed by atoms with Crippen molar-refractivity contribution in [3.8, 4) is 0 Å². The third-order valence-electron chi connectivity index (χ3n) is 6.38. The van der Waals surface area contributed by atoms with Crippen LogP contribution in [0.2, 0.25) is 0 Å². The van der Waals surface area contributed by atoms with E-state index in [0.29, 0.717) is 25.1 Å². The molecule has 4 rings (SSSR count). The van der Waals surface area contributed by atoms with Crippen LogP contribution in [0.3, 0.4) is 0 Å². The molecule has 1 unspecified atom stereocenters. The Labute approximate surface area is 205 Å². The van der Waals surface area contributed by atoms with Crippen molar-refractivity contribution < 1.29 is 40.3 Å². The van der Waals surface area contributed by atoms with Crippen LogP contribution in [0.5, 0.6) is 0 Å². The van der Waals surface area contributed by atoms with Crippen LogP contribution in [0.4, 0.5) is 42.2 Å². The molecular formula is C22H21F7N6O2. The number of hydrogen-bond donors (Lipinski definition) is 3. The van der Waals surface area contributed by atoms with E-state index < -0.39 is 69.9 Å². The molecule has 37 heavy (non-hydrogen) atoms. The summed E-state index contributed by atoms with van der Waals surface area (Å²) in [7, 11) is 0. The Morgan fingerprint density at radius 2 is 1.68 bits per heavy atom. The highest BCUT2D eigenvalue weighted by Crippen LogP contribution is 2.42. The molecule has 0 radical (unpaired) electrons. The zero-order chi connectivity index (χ0) is 27.2. The molecule has 2 aromatic rings. The number of piperidine rings is 2. The van der Waals surface area contributed by atoms with Gasteiger partial charge < -0.3 is 21.3 Å². The smallest absolute Gasteiger partial charge is 0.381 e. The first-order chi connectivity index (χ1) is 17.2. The lowest BCUT2D eigenvalue weighted by Crippen LogP contribution is -2.62. The van der Waals surface area contributed by atoms with Crippen molar-refractivity contribution in [2.75, 3.05) is 24.1 Å². The van der Waals surface area contributed by atoms with E-state index in [0.717, 1.165) is 11.2 Å². The first kappa shape index (κ1) is 26.4. The standard InChI is InChI=1S/C22H21F7N6O2/c23-15-16(32-10-33-17(15)30)20(4-2-6-35(19(20)37)14-3-1-5-31-18(14)36)34-13-8-11(21(24,25)26)7-12(9-13)22(27,28)29/h7-10,14,34H,1-6H2,(H,31,36)(H2,30,32,33)/t14-,20?/m1/s1. The molecular weight excluding hydrogens is 513 g/mol. The first-order valence-corrected chi connectivity index (χ1v) is 11.2. The van der Waals surface area contributed by atoms with Gasteiger partial charge in [-0.1, -0.05) is 0 Å². The fourth-order valence-electron chi connectivity index (χ4n) is 4.67. The van der Waals surface area contributed by atoms with Crippen LogP contribution >= 0.6 is 0 Å². The number of nitrogens with zero attached hydrogens (tertiary/aromatic N) is 3. The zero-order valence-electron chi connectivity index (χ0n) is 19.0. The molecule has 3 heterocycles. The van der Waals surface area contributed by atoms with E-state index in [2.05, 4.69) is 20.6 Å². The number of amides is 2. The maximum atomic E-state index is 15.2. The molecule has 2 amide bonds. The number of alkyl halides is 6. The zero-order valence-corrected chi connectivity index (χ0v) is 19.0. The molecule has 0 aliphatic carbocycles. The van der Waals surface area contributed by atoms with Gasteiger partial charge in [0.05, 0.1) is 11.1 Å². The van der Waals surface area contributed by atoms with Gasteiger partial charge in [-0.2, -0.15) is 26.3 Å². The summed E-state index contributed by atoms with van der Waals surface area (Å²) >= 11 is 0. The lowest BCUT2D eigenvalue weighted by Gasteiger charge is -2.45. The van der Waals surface area contributed by atoms with E-state index in [9.17, 15) is 35.9 Å². The Hall–Kier alpha value is -3.65. The number of hydrogen-bond acceptors (Lipinski definition) is 6. The molecule has 2 fully saturated rings. The lowest BCUT2D eigenvalue weighted by atomic mass is 9.82. The summed E-state index contributed by atoms with van der Waals surface area (Å²) in [4.78, 5) is 34.8. The number of benzene rings is 1. The predicted molar refractivity (Wildman–Crippen MR) is 115 cm³/mol. The van der Waals surface area contributed by atoms with E-state index >= 15 is 4.39 Å². The number of nitrogen functional groups attached to an aromatic ring is 1. The van der Waals surface area contributed by atoms with E-state index in [1.54, 1.807) is 0 Å². The van der Waals surface area contributed by atoms with Crippen LogP contribution in [0.15, 0.2) is 24.5 Å². The molecule has 1 aromatic carbocycles. The van der Waals surface area contributed by atoms with Crippen molar-refractivity contribution in [1.82, 2.24) is 20.2 Å². The Bertz CT molecular complexity index is 1190. The molecule has 2 aliphatic heterocycles. The van der Waals surface area contributed by atoms with Crippen LogP contribution in [0.25, 0.3) is 0 Å². The summed E-state index contributed by atoms with van der Waals surface area (Å²) in [6.07, 6.45) is -8.83. The second kappa shape index (κ2) is 9.34. The maximum Gasteiger partial charge on any atom is 0.416 e. The quantitative estimate of drug-likeness (QED) is 0.518. The largest absolute Gasteiger partial charge is 0.416 e. The van der Waals surface area contributed by atoms with Crippen molar-refractivity contribution in [3.63, 3.8) is 0 Å². The number of halogens is 7. The van der Waals surface area contributed by atoms with Gasteiger partial charge in [0, 0.05) is 18.8 Å². The predicted octanol–water partition coefficient (Wildman–Crippen LogP) is 3.44. The molecule has 1 aromatic heterocycles. The van der Waals surface area contributed by atoms with Crippen LogP contribution in [-0.4, -0.2) is 45.8 Å². The number of carbonyl (C=O) groups excluding carboxylic acids is 2. The average molecular weight is 534 g/mol. The Morgan fingerprint density at radius 3 is 2.27 bits per heavy atom. The third-order valence-corrected chi connectivity index (χ3v) is 6.38. The molecule has 4 N–H and O–H groups in total. The maximum absolute atomic E-state index is 15.2. The minimum atomic E-state index is -5.15. The lowest BCUT2D eigenvalue weighted by molar-refractivity contribution is -0.148. The number of likely N-dealkylation sites (tertiary alicyclic amines) is 1. The molecule has 2 atom stereocenters. The summed E-state index contributed by atoms with van der Waals surface area (Å²) in [5, 5.41) is 5.04. The minimum absolute atomic E-state index is 0.0545. The topological polar surface area (TPSA) is 113 Å². The molecule has 2 saturated heterocycles. The Kier molecular flexibility index (Phi) is 6.67. The minimum Gasteiger partial charge on any atom is -0.381 e. The normalized spacial score (nSPS) is 23.1. The number of aromatic nitrogens is 2. The molecule has 0 spiro atoms. The monoisotopic (exact) mass is 534 g/mol. The van der Waals surface area contributed by atoms with Crippen LogP contribution in [0, 0.1) is 5.82 Å². The highest BCUT2D eigenvalue weighted by molar-refractivity contribution is 5.95. The van der Waals surface area contributed by atoms with Gasteiger partial charge in [0.1, 0.15) is 18.1 Å². The summed E-state index contributed by atoms with van der Waals surface area (Å²) in [6.45, 7) is 0.432. The molecule has 0 saturated carbocycles. The second-order valence-electron chi connectivity index (χ2n) is 8.80. The highest BCUT2D eigenvalue weighted by Gasteiger charge is 2.52. The second-order valence-corrected chi connectivity index (χ2v) is 8.80. The first-order valence-electron chi connectivity index (χ1n) is 11.2. The summed E-state index contributed by atoms with van der Waals surface area (Å²) in [5.41, 5.74) is -1.39. The van der Waals surface area contributed by atoms with E-state index in [1.807, 2.05) is 0 Å². The molecule has 200 valence electrons. The van der Waals surface area contributed by atoms with Gasteiger partial charge >= 0.3 is 12.4 Å². The van der Waals surface area contributed by atoms with Crippen LogP contribution in [-0.2, 0) is 27.5 Å². The number of nitrogens with one attached hydrogen (secondary N) is 2. The number of anilines is 2. The number of carbonyl (C=O) groups is 2. The van der Waals surface area contributed by atoms with Gasteiger partial charge in [0.15, 0.2) is 17.2 Å². The molecule has 2 aliphatic rings. The van der Waals surface area contributed by atoms with Crippen molar-refractivity contribution >= 4 is 23.3 Å². The Balaban J connectivity index is 1.88. The fraction of sp³-hybridized carbons (Fsp3) is 0.455. The van der Waals surface area contributed by atoms with Gasteiger partial charge in [-0.25, -0.2) is 14.4 Å². The molecule has 8 nitrogen and oxygen atoms in total. The SMILES string of the molecule is Nc1ncnc(C2(Nc3cc(C(F)(F)F)cc(C(F)(F)F)c3)CCCN([C@@H]3CCCNC3=O)C2=O)c1F. The van der Waals surface area contributed by atoms with Gasteiger partial charge in [-0.15, -0.1) is 0 Å². The van der Waals surface area contributed by atoms with Crippen molar-refractivity contribution in [3.05, 3.63) is 47.2 Å². The van der Waals surface area contributed by atoms with Crippen LogP contribution < -0.4 is 16.4 Å². The van der Waals surface area contributed by atoms with Gasteiger partial charge in [0.25, 0.3) is 5.91 Å². The highest BCUT2D eigenvalue weighted by atomic mass is 19.4. The molecule has 15 heteroatoms. The third kappa shape index (κ3) is 4.98. The van der Waals surface area contributed by atoms with E-state index in [4.69, 9.17) is 5.73 Å². The molecule has 0 bridgehead atoms. The van der Waals surface area contributed by atoms with Gasteiger partial charge in [0.2, 0.25) is 5.91 Å². The van der Waals surface area contributed by atoms with Crippen molar-refractivity contribution in [2.24, 2.45) is 0 Å². The van der Waals surface area contributed by atoms with Crippen LogP contribution in [0.1, 0.15) is 42.5 Å². The number of nitrogens with two attached hydrogens (primary N) is 1. The van der Waals surface area contributed by atoms with Gasteiger partial charge in [-0.3, -0.25) is 9.59 Å². The Morgan fingerprint density at radius 1 is 1.03 bits per heavy atom. The van der Waals surface area contributed by atoms with Crippen molar-refractivity contribution in [2.45, 2.75) is 49.6 Å². The fourth-order valence-corrected chi connectivity index (χ4v) is 4.67. The number of rotatable bonds is 4.